The summed E-state index contributed by atoms with van der Waals surface area (Å²) in [5.41, 5.74) is 0. The summed E-state index contributed by atoms with van der Waals surface area (Å²) in [4.78, 5) is 13.4. The Balaban J connectivity index is 1.64. The van der Waals surface area contributed by atoms with Crippen LogP contribution >= 0.6 is 0 Å². The second kappa shape index (κ2) is 64.6. The fourth-order valence-corrected chi connectivity index (χ4v) is 13.4. The topological polar surface area (TPSA) is 228 Å². The van der Waals surface area contributed by atoms with Crippen molar-refractivity contribution in [2.24, 2.45) is 0 Å². The molecule has 0 aromatic rings. The lowest BCUT2D eigenvalue weighted by Crippen LogP contribution is -2.65. The van der Waals surface area contributed by atoms with Gasteiger partial charge in [0.15, 0.2) is 12.6 Å². The molecule has 14 nitrogen and oxygen atoms in total. The van der Waals surface area contributed by atoms with E-state index in [1.54, 1.807) is 6.08 Å². The molecule has 9 N–H and O–H groups in total. The molecule has 2 heterocycles. The molecular weight excluding hydrogens is 1180 g/mol. The van der Waals surface area contributed by atoms with Crippen LogP contribution in [0.3, 0.4) is 0 Å². The van der Waals surface area contributed by atoms with Crippen molar-refractivity contribution < 1.29 is 64.6 Å². The number of unbranched alkanes of at least 4 members (excludes halogenated alkanes) is 51. The molecule has 0 aromatic carbocycles. The van der Waals surface area contributed by atoms with Gasteiger partial charge in [0.1, 0.15) is 48.8 Å². The molecule has 1 amide bonds. The Morgan fingerprint density at radius 2 is 0.681 bits per heavy atom. The SMILES string of the molecule is CCCCCCCCCCCCCCCCCCCCCC/C=C/CC/C=C/CC/C=C/C(O)C(COC1OC(CO)C(OC2OC(CO)C(O)C(O)C2O)C(O)C1O)NC(=O)CCCCCCCCCCCCCCCCCCCCCCCCCCCCCCCC. The number of amides is 1. The first-order valence-electron chi connectivity index (χ1n) is 40.2. The maximum Gasteiger partial charge on any atom is 0.220 e. The summed E-state index contributed by atoms with van der Waals surface area (Å²) < 4.78 is 22.9. The predicted molar refractivity (Wildman–Crippen MR) is 388 cm³/mol. The molecule has 0 spiro atoms. The smallest absolute Gasteiger partial charge is 0.220 e. The second-order valence-corrected chi connectivity index (χ2v) is 28.5. The van der Waals surface area contributed by atoms with Gasteiger partial charge in [-0.2, -0.15) is 0 Å². The minimum atomic E-state index is -1.79. The van der Waals surface area contributed by atoms with Gasteiger partial charge >= 0.3 is 0 Å². The molecule has 2 fully saturated rings. The van der Waals surface area contributed by atoms with Crippen molar-refractivity contribution in [3.05, 3.63) is 36.5 Å². The van der Waals surface area contributed by atoms with Crippen LogP contribution in [0.2, 0.25) is 0 Å². The van der Waals surface area contributed by atoms with Gasteiger partial charge in [0.2, 0.25) is 5.91 Å². The average Bonchev–Trinajstić information content (AvgIpc) is 0.794. The molecule has 0 saturated carbocycles. The molecular formula is C80H151NO13. The van der Waals surface area contributed by atoms with Gasteiger partial charge in [0.05, 0.1) is 32.0 Å². The van der Waals surface area contributed by atoms with Crippen LogP contribution < -0.4 is 5.32 Å². The Morgan fingerprint density at radius 3 is 1.04 bits per heavy atom. The summed E-state index contributed by atoms with van der Waals surface area (Å²) in [6.45, 7) is 2.84. The first-order valence-corrected chi connectivity index (χ1v) is 40.2. The number of aliphatic hydroxyl groups is 8. The number of nitrogens with one attached hydrogen (secondary N) is 1. The lowest BCUT2D eigenvalue weighted by molar-refractivity contribution is -0.359. The zero-order valence-corrected chi connectivity index (χ0v) is 60.7. The zero-order valence-electron chi connectivity index (χ0n) is 60.7. The van der Waals surface area contributed by atoms with Crippen molar-refractivity contribution in [1.29, 1.82) is 0 Å². The van der Waals surface area contributed by atoms with E-state index >= 15 is 0 Å². The van der Waals surface area contributed by atoms with Crippen LogP contribution in [0.4, 0.5) is 0 Å². The number of carbonyl (C=O) groups excluding carboxylic acids is 1. The van der Waals surface area contributed by atoms with E-state index in [2.05, 4.69) is 43.5 Å². The molecule has 0 aromatic heterocycles. The van der Waals surface area contributed by atoms with E-state index in [1.807, 2.05) is 6.08 Å². The van der Waals surface area contributed by atoms with Crippen LogP contribution in [0, 0.1) is 0 Å². The molecule has 2 saturated heterocycles. The minimum absolute atomic E-state index is 0.245. The molecule has 0 radical (unpaired) electrons. The number of carbonyl (C=O) groups is 1. The van der Waals surface area contributed by atoms with E-state index < -0.39 is 86.8 Å². The predicted octanol–water partition coefficient (Wildman–Crippen LogP) is 18.0. The molecule has 2 aliphatic heterocycles. The highest BCUT2D eigenvalue weighted by molar-refractivity contribution is 5.76. The Labute approximate surface area is 576 Å². The molecule has 94 heavy (non-hydrogen) atoms. The number of rotatable bonds is 68. The van der Waals surface area contributed by atoms with E-state index in [9.17, 15) is 45.6 Å². The minimum Gasteiger partial charge on any atom is -0.394 e. The first kappa shape index (κ1) is 88.3. The highest BCUT2D eigenvalue weighted by Gasteiger charge is 2.51. The Kier molecular flexibility index (Phi) is 60.7. The third-order valence-corrected chi connectivity index (χ3v) is 19.8. The summed E-state index contributed by atoms with van der Waals surface area (Å²) in [7, 11) is 0. The van der Waals surface area contributed by atoms with Gasteiger partial charge in [-0.15, -0.1) is 0 Å². The maximum atomic E-state index is 13.4. The van der Waals surface area contributed by atoms with Crippen molar-refractivity contribution >= 4 is 5.91 Å². The largest absolute Gasteiger partial charge is 0.394 e. The summed E-state index contributed by atoms with van der Waals surface area (Å²) in [6, 6.07) is -0.938. The third-order valence-electron chi connectivity index (χ3n) is 19.8. The number of ether oxygens (including phenoxy) is 4. The highest BCUT2D eigenvalue weighted by atomic mass is 16.7. The maximum absolute atomic E-state index is 13.4. The molecule has 554 valence electrons. The van der Waals surface area contributed by atoms with E-state index in [-0.39, 0.29) is 18.9 Å². The summed E-state index contributed by atoms with van der Waals surface area (Å²) in [5.74, 6) is -0.245. The van der Waals surface area contributed by atoms with Crippen LogP contribution in [0.1, 0.15) is 373 Å². The van der Waals surface area contributed by atoms with Gasteiger partial charge in [0.25, 0.3) is 0 Å². The van der Waals surface area contributed by atoms with Crippen molar-refractivity contribution in [3.8, 4) is 0 Å². The van der Waals surface area contributed by atoms with Crippen LogP contribution in [0.5, 0.6) is 0 Å². The molecule has 2 rings (SSSR count). The van der Waals surface area contributed by atoms with E-state index in [0.29, 0.717) is 12.8 Å². The standard InChI is InChI=1S/C80H151NO13/c1-3-5-7-9-11-13-15-17-19-21-23-25-27-29-31-33-35-37-39-41-43-45-47-49-51-53-55-57-59-61-63-69(84)68(67-91-79-77(90)75(88)78(71(66-83)93-79)94-80-76(89)74(87)73(86)70(65-82)92-80)81-72(85)64-62-60-58-56-54-52-50-48-46-44-42-40-38-36-34-32-30-28-26-24-22-20-18-16-14-12-10-8-6-4-2/h45,47,53,55,61,63,68-71,73-80,82-84,86-90H,3-44,46,48-52,54,56-60,62,64-67H2,1-2H3,(H,81,85)/b47-45+,55-53+,63-61+. The lowest BCUT2D eigenvalue weighted by atomic mass is 9.97. The number of aliphatic hydroxyl groups excluding tert-OH is 8. The van der Waals surface area contributed by atoms with Gasteiger partial charge in [0, 0.05) is 6.42 Å². The van der Waals surface area contributed by atoms with Gasteiger partial charge < -0.3 is 65.1 Å². The van der Waals surface area contributed by atoms with E-state index in [0.717, 1.165) is 44.9 Å². The number of allylic oxidation sites excluding steroid dienone is 5. The van der Waals surface area contributed by atoms with Crippen molar-refractivity contribution in [2.45, 2.75) is 447 Å². The highest BCUT2D eigenvalue weighted by Crippen LogP contribution is 2.30. The molecule has 0 bridgehead atoms. The van der Waals surface area contributed by atoms with Crippen molar-refractivity contribution in [1.82, 2.24) is 5.32 Å². The van der Waals surface area contributed by atoms with Gasteiger partial charge in [-0.25, -0.2) is 0 Å². The Hall–Kier alpha value is -1.79. The number of hydrogen-bond acceptors (Lipinski definition) is 13. The second-order valence-electron chi connectivity index (χ2n) is 28.5. The van der Waals surface area contributed by atoms with Crippen molar-refractivity contribution in [2.75, 3.05) is 19.8 Å². The fourth-order valence-electron chi connectivity index (χ4n) is 13.4. The van der Waals surface area contributed by atoms with Gasteiger partial charge in [-0.3, -0.25) is 4.79 Å². The normalized spacial score (nSPS) is 22.6. The van der Waals surface area contributed by atoms with Gasteiger partial charge in [-0.05, 0) is 44.9 Å². The Bertz CT molecular complexity index is 1720. The molecule has 12 atom stereocenters. The molecule has 14 heteroatoms. The summed E-state index contributed by atoms with van der Waals surface area (Å²) in [6.07, 6.45) is 68.1. The van der Waals surface area contributed by atoms with E-state index in [1.165, 1.54) is 295 Å². The van der Waals surface area contributed by atoms with Crippen LogP contribution in [0.15, 0.2) is 36.5 Å². The van der Waals surface area contributed by atoms with Crippen LogP contribution in [-0.4, -0.2) is 140 Å². The first-order chi connectivity index (χ1) is 46.1. The quantitative estimate of drug-likeness (QED) is 0.0204. The lowest BCUT2D eigenvalue weighted by Gasteiger charge is -2.46. The molecule has 0 aliphatic carbocycles. The summed E-state index contributed by atoms with van der Waals surface area (Å²) >= 11 is 0. The summed E-state index contributed by atoms with van der Waals surface area (Å²) in [5, 5.41) is 87.6. The van der Waals surface area contributed by atoms with E-state index in [4.69, 9.17) is 18.9 Å². The average molecular weight is 1340 g/mol. The monoisotopic (exact) mass is 1330 g/mol. The Morgan fingerprint density at radius 1 is 0.372 bits per heavy atom. The molecule has 2 aliphatic rings. The fraction of sp³-hybridized carbons (Fsp3) is 0.912. The van der Waals surface area contributed by atoms with Crippen LogP contribution in [-0.2, 0) is 23.7 Å². The van der Waals surface area contributed by atoms with Crippen molar-refractivity contribution in [3.63, 3.8) is 0 Å². The van der Waals surface area contributed by atoms with Gasteiger partial charge in [-0.1, -0.05) is 359 Å². The zero-order chi connectivity index (χ0) is 68.0. The third kappa shape index (κ3) is 47.3. The molecule has 12 unspecified atom stereocenters. The number of hydrogen-bond donors (Lipinski definition) is 9. The van der Waals surface area contributed by atoms with Crippen LogP contribution in [0.25, 0.3) is 0 Å².